The molecule has 0 saturated carbocycles. The van der Waals surface area contributed by atoms with Gasteiger partial charge in [0, 0.05) is 13.6 Å². The van der Waals surface area contributed by atoms with E-state index in [0.29, 0.717) is 25.8 Å². The molecule has 3 aliphatic rings. The lowest BCUT2D eigenvalue weighted by atomic mass is 9.66. The SMILES string of the molecule is CCCCCNC(=O)C1N([C@@H](CC)CO)C(=O)[C@@H]2[C@@H](C(=O)NC)[C@@]3(C)CCC12O3. The number of rotatable bonds is 9. The maximum Gasteiger partial charge on any atom is 0.245 e. The van der Waals surface area contributed by atoms with Gasteiger partial charge in [0.25, 0.3) is 0 Å². The highest BCUT2D eigenvalue weighted by molar-refractivity contribution is 5.99. The van der Waals surface area contributed by atoms with Gasteiger partial charge < -0.3 is 25.4 Å². The van der Waals surface area contributed by atoms with Crippen molar-refractivity contribution in [1.82, 2.24) is 15.5 Å². The lowest BCUT2D eigenvalue weighted by molar-refractivity contribution is -0.149. The molecule has 6 atom stereocenters. The monoisotopic (exact) mass is 409 g/mol. The highest BCUT2D eigenvalue weighted by Gasteiger charge is 2.78. The zero-order chi connectivity index (χ0) is 21.4. The van der Waals surface area contributed by atoms with E-state index < -0.39 is 35.1 Å². The maximum atomic E-state index is 13.6. The van der Waals surface area contributed by atoms with Gasteiger partial charge in [-0.25, -0.2) is 0 Å². The van der Waals surface area contributed by atoms with Crippen molar-refractivity contribution in [2.45, 2.75) is 82.6 Å². The van der Waals surface area contributed by atoms with Gasteiger partial charge in [0.2, 0.25) is 17.7 Å². The molecule has 1 spiro atoms. The van der Waals surface area contributed by atoms with Crippen molar-refractivity contribution >= 4 is 17.7 Å². The minimum absolute atomic E-state index is 0.228. The van der Waals surface area contributed by atoms with E-state index in [1.165, 1.54) is 4.90 Å². The minimum atomic E-state index is -1.01. The standard InChI is InChI=1S/C21H35N3O5/c1-5-7-8-11-23-18(27)16-21-10-9-20(3,29-21)14(17(26)22-4)15(21)19(28)24(16)13(6-2)12-25/h13-16,25H,5-12H2,1-4H3,(H,22,26)(H,23,27)/t13-,14-,15-,16?,20+,21?/m0/s1. The van der Waals surface area contributed by atoms with Crippen LogP contribution in [0.1, 0.15) is 59.3 Å². The number of fused-ring (bicyclic) bond motifs is 1. The molecule has 3 saturated heterocycles. The van der Waals surface area contributed by atoms with Crippen LogP contribution in [0, 0.1) is 11.8 Å². The Morgan fingerprint density at radius 3 is 2.59 bits per heavy atom. The van der Waals surface area contributed by atoms with E-state index in [2.05, 4.69) is 17.6 Å². The van der Waals surface area contributed by atoms with E-state index in [0.717, 1.165) is 19.3 Å². The van der Waals surface area contributed by atoms with Crippen molar-refractivity contribution in [2.24, 2.45) is 11.8 Å². The van der Waals surface area contributed by atoms with Crippen LogP contribution in [0.4, 0.5) is 0 Å². The molecule has 3 aliphatic heterocycles. The molecule has 3 fully saturated rings. The van der Waals surface area contributed by atoms with Gasteiger partial charge in [-0.05, 0) is 32.6 Å². The quantitative estimate of drug-likeness (QED) is 0.483. The van der Waals surface area contributed by atoms with Gasteiger partial charge in [-0.15, -0.1) is 0 Å². The Morgan fingerprint density at radius 1 is 1.28 bits per heavy atom. The average Bonchev–Trinajstić information content (AvgIpc) is 3.27. The summed E-state index contributed by atoms with van der Waals surface area (Å²) in [4.78, 5) is 41.1. The molecule has 2 bridgehead atoms. The third kappa shape index (κ3) is 3.24. The molecule has 0 aromatic heterocycles. The topological polar surface area (TPSA) is 108 Å². The Kier molecular flexibility index (Phi) is 6.24. The van der Waals surface area contributed by atoms with Gasteiger partial charge in [-0.2, -0.15) is 0 Å². The largest absolute Gasteiger partial charge is 0.394 e. The molecule has 3 amide bonds. The lowest BCUT2D eigenvalue weighted by Crippen LogP contribution is -2.58. The highest BCUT2D eigenvalue weighted by Crippen LogP contribution is 2.63. The molecule has 0 aromatic rings. The summed E-state index contributed by atoms with van der Waals surface area (Å²) < 4.78 is 6.44. The van der Waals surface area contributed by atoms with Crippen LogP contribution in [0.25, 0.3) is 0 Å². The summed E-state index contributed by atoms with van der Waals surface area (Å²) in [6.07, 6.45) is 4.64. The number of carbonyl (C=O) groups excluding carboxylic acids is 3. The van der Waals surface area contributed by atoms with Crippen molar-refractivity contribution in [1.29, 1.82) is 0 Å². The fourth-order valence-electron chi connectivity index (χ4n) is 5.71. The first kappa shape index (κ1) is 22.0. The Bertz CT molecular complexity index is 667. The number of likely N-dealkylation sites (tertiary alicyclic amines) is 1. The summed E-state index contributed by atoms with van der Waals surface area (Å²) in [5.74, 6) is -2.06. The van der Waals surface area contributed by atoms with Crippen LogP contribution in [0.2, 0.25) is 0 Å². The summed E-state index contributed by atoms with van der Waals surface area (Å²) in [6, 6.07) is -1.30. The van der Waals surface area contributed by atoms with Crippen LogP contribution < -0.4 is 10.6 Å². The second-order valence-electron chi connectivity index (χ2n) is 8.83. The number of aliphatic hydroxyl groups is 1. The van der Waals surface area contributed by atoms with Crippen LogP contribution in [0.5, 0.6) is 0 Å². The predicted octanol–water partition coefficient (Wildman–Crippen LogP) is 0.574. The van der Waals surface area contributed by atoms with Gasteiger partial charge in [-0.3, -0.25) is 14.4 Å². The molecule has 3 N–H and O–H groups in total. The maximum absolute atomic E-state index is 13.6. The molecule has 0 radical (unpaired) electrons. The van der Waals surface area contributed by atoms with Crippen LogP contribution >= 0.6 is 0 Å². The fraction of sp³-hybridized carbons (Fsp3) is 0.857. The molecule has 0 aliphatic carbocycles. The van der Waals surface area contributed by atoms with E-state index in [1.54, 1.807) is 7.05 Å². The predicted molar refractivity (Wildman–Crippen MR) is 107 cm³/mol. The number of hydrogen-bond acceptors (Lipinski definition) is 5. The van der Waals surface area contributed by atoms with Crippen LogP contribution in [0.15, 0.2) is 0 Å². The van der Waals surface area contributed by atoms with E-state index in [1.807, 2.05) is 13.8 Å². The second kappa shape index (κ2) is 8.22. The summed E-state index contributed by atoms with van der Waals surface area (Å²) in [5.41, 5.74) is -1.77. The van der Waals surface area contributed by atoms with E-state index in [4.69, 9.17) is 4.74 Å². The van der Waals surface area contributed by atoms with Crippen molar-refractivity contribution in [3.63, 3.8) is 0 Å². The van der Waals surface area contributed by atoms with Crippen LogP contribution in [-0.2, 0) is 19.1 Å². The second-order valence-corrected chi connectivity index (χ2v) is 8.83. The molecule has 8 heteroatoms. The van der Waals surface area contributed by atoms with Crippen LogP contribution in [-0.4, -0.2) is 71.2 Å². The molecule has 0 aromatic carbocycles. The van der Waals surface area contributed by atoms with Crippen LogP contribution in [0.3, 0.4) is 0 Å². The number of hydrogen-bond donors (Lipinski definition) is 3. The Hall–Kier alpha value is -1.67. The van der Waals surface area contributed by atoms with E-state index in [9.17, 15) is 19.5 Å². The van der Waals surface area contributed by atoms with Gasteiger partial charge in [0.1, 0.15) is 11.6 Å². The third-order valence-corrected chi connectivity index (χ3v) is 7.15. The molecule has 29 heavy (non-hydrogen) atoms. The number of ether oxygens (including phenoxy) is 1. The highest BCUT2D eigenvalue weighted by atomic mass is 16.5. The molecule has 3 rings (SSSR count). The molecule has 164 valence electrons. The molecule has 8 nitrogen and oxygen atoms in total. The van der Waals surface area contributed by atoms with Crippen molar-refractivity contribution in [3.05, 3.63) is 0 Å². The fourth-order valence-corrected chi connectivity index (χ4v) is 5.71. The Labute approximate surface area is 172 Å². The van der Waals surface area contributed by atoms with E-state index in [-0.39, 0.29) is 24.3 Å². The van der Waals surface area contributed by atoms with Crippen molar-refractivity contribution < 1.29 is 24.2 Å². The van der Waals surface area contributed by atoms with Gasteiger partial charge in [0.05, 0.1) is 30.1 Å². The Balaban J connectivity index is 1.98. The smallest absolute Gasteiger partial charge is 0.245 e. The summed E-state index contributed by atoms with van der Waals surface area (Å²) in [5, 5.41) is 15.6. The number of aliphatic hydroxyl groups excluding tert-OH is 1. The number of nitrogens with one attached hydrogen (secondary N) is 2. The number of amides is 3. The van der Waals surface area contributed by atoms with Crippen molar-refractivity contribution in [3.8, 4) is 0 Å². The number of unbranched alkanes of at least 4 members (excludes halogenated alkanes) is 2. The number of carbonyl (C=O) groups is 3. The zero-order valence-electron chi connectivity index (χ0n) is 18.0. The first-order valence-electron chi connectivity index (χ1n) is 10.9. The van der Waals surface area contributed by atoms with E-state index >= 15 is 0 Å². The summed E-state index contributed by atoms with van der Waals surface area (Å²) in [6.45, 7) is 6.16. The normalized spacial score (nSPS) is 36.2. The lowest BCUT2D eigenvalue weighted by Gasteiger charge is -2.36. The molecule has 2 unspecified atom stereocenters. The number of nitrogens with zero attached hydrogens (tertiary/aromatic N) is 1. The zero-order valence-corrected chi connectivity index (χ0v) is 18.0. The first-order chi connectivity index (χ1) is 13.8. The van der Waals surface area contributed by atoms with Gasteiger partial charge >= 0.3 is 0 Å². The minimum Gasteiger partial charge on any atom is -0.394 e. The molecule has 3 heterocycles. The molecular formula is C21H35N3O5. The van der Waals surface area contributed by atoms with Gasteiger partial charge in [-0.1, -0.05) is 26.7 Å². The third-order valence-electron chi connectivity index (χ3n) is 7.15. The van der Waals surface area contributed by atoms with Crippen molar-refractivity contribution in [2.75, 3.05) is 20.2 Å². The summed E-state index contributed by atoms with van der Waals surface area (Å²) in [7, 11) is 1.56. The Morgan fingerprint density at radius 2 is 2.00 bits per heavy atom. The first-order valence-corrected chi connectivity index (χ1v) is 10.9. The summed E-state index contributed by atoms with van der Waals surface area (Å²) >= 11 is 0. The molecular weight excluding hydrogens is 374 g/mol. The van der Waals surface area contributed by atoms with Gasteiger partial charge in [0.15, 0.2) is 0 Å². The average molecular weight is 410 g/mol.